The Labute approximate surface area is 290 Å². The predicted molar refractivity (Wildman–Crippen MR) is 194 cm³/mol. The minimum atomic E-state index is -2.96. The molecule has 0 saturated heterocycles. The average Bonchev–Trinajstić information content (AvgIpc) is 3.22. The van der Waals surface area contributed by atoms with Gasteiger partial charge in [0.1, 0.15) is 11.4 Å². The van der Waals surface area contributed by atoms with Gasteiger partial charge in [0.05, 0.1) is 22.0 Å². The van der Waals surface area contributed by atoms with Crippen LogP contribution in [-0.2, 0) is 31.9 Å². The fourth-order valence-corrected chi connectivity index (χ4v) is 10.3. The van der Waals surface area contributed by atoms with E-state index in [2.05, 4.69) is 57.8 Å². The lowest BCUT2D eigenvalue weighted by atomic mass is 9.62. The first-order valence-corrected chi connectivity index (χ1v) is 19.3. The number of benzene rings is 2. The molecule has 3 aromatic rings. The second-order valence-corrected chi connectivity index (χ2v) is 17.3. The molecule has 2 aromatic carbocycles. The molecule has 2 bridgehead atoms. The number of carbonyl (C=O) groups excluding carboxylic acids is 1. The molecule has 9 heteroatoms. The lowest BCUT2D eigenvalue weighted by molar-refractivity contribution is -0.0806. The average molecular weight is 688 g/mol. The van der Waals surface area contributed by atoms with E-state index < -0.39 is 15.3 Å². The maximum Gasteiger partial charge on any atom is 0.262 e. The van der Waals surface area contributed by atoms with Crippen LogP contribution >= 0.6 is 11.6 Å². The Hall–Kier alpha value is -3.33. The Morgan fingerprint density at radius 1 is 1.17 bits per heavy atom. The van der Waals surface area contributed by atoms with E-state index in [4.69, 9.17) is 21.1 Å². The number of allylic oxidation sites excluding steroid dienone is 1. The molecule has 1 aromatic heterocycles. The van der Waals surface area contributed by atoms with E-state index in [0.29, 0.717) is 24.5 Å². The molecule has 1 spiro atoms. The van der Waals surface area contributed by atoms with Crippen molar-refractivity contribution in [2.75, 3.05) is 31.7 Å². The molecule has 7 nitrogen and oxygen atoms in total. The van der Waals surface area contributed by atoms with Gasteiger partial charge in [-0.3, -0.25) is 14.5 Å². The Bertz CT molecular complexity index is 1830. The van der Waals surface area contributed by atoms with Crippen molar-refractivity contribution in [3.8, 4) is 5.75 Å². The quantitative estimate of drug-likeness (QED) is 0.228. The van der Waals surface area contributed by atoms with Crippen molar-refractivity contribution in [2.45, 2.75) is 68.6 Å². The molecular weight excluding hydrogens is 642 g/mol. The molecule has 1 saturated carbocycles. The molecule has 1 unspecified atom stereocenters. The highest BCUT2D eigenvalue weighted by molar-refractivity contribution is 7.99. The normalized spacial score (nSPS) is 34.1. The Kier molecular flexibility index (Phi) is 8.88. The summed E-state index contributed by atoms with van der Waals surface area (Å²) in [5, 5.41) is 0.401. The third-order valence-corrected chi connectivity index (χ3v) is 14.1. The van der Waals surface area contributed by atoms with Crippen LogP contribution in [0.25, 0.3) is 0 Å². The first kappa shape index (κ1) is 33.2. The summed E-state index contributed by atoms with van der Waals surface area (Å²) in [6.45, 7) is 6.02. The van der Waals surface area contributed by atoms with E-state index in [1.807, 2.05) is 37.4 Å². The molecule has 1 fully saturated rings. The van der Waals surface area contributed by atoms with Crippen LogP contribution in [0, 0.1) is 17.8 Å². The van der Waals surface area contributed by atoms with Gasteiger partial charge in [0, 0.05) is 65.3 Å². The molecule has 3 heterocycles. The highest BCUT2D eigenvalue weighted by Crippen LogP contribution is 2.52. The van der Waals surface area contributed by atoms with Gasteiger partial charge in [-0.2, -0.15) is 0 Å². The van der Waals surface area contributed by atoms with Crippen molar-refractivity contribution < 1.29 is 18.5 Å². The highest BCUT2D eigenvalue weighted by Gasteiger charge is 2.50. The van der Waals surface area contributed by atoms with Crippen LogP contribution in [0.3, 0.4) is 0 Å². The van der Waals surface area contributed by atoms with E-state index in [1.165, 1.54) is 11.1 Å². The number of ether oxygens (including phenoxy) is 2. The van der Waals surface area contributed by atoms with E-state index >= 15 is 0 Å². The maximum absolute atomic E-state index is 13.9. The molecule has 48 heavy (non-hydrogen) atoms. The topological polar surface area (TPSA) is 80.8 Å². The summed E-state index contributed by atoms with van der Waals surface area (Å²) in [4.78, 5) is 20.7. The largest absolute Gasteiger partial charge is 0.490 e. The lowest BCUT2D eigenvalue weighted by Gasteiger charge is -2.50. The third-order valence-electron chi connectivity index (χ3n) is 11.7. The van der Waals surface area contributed by atoms with Gasteiger partial charge >= 0.3 is 0 Å². The predicted octanol–water partition coefficient (Wildman–Crippen LogP) is 7.12. The lowest BCUT2D eigenvalue weighted by Crippen LogP contribution is -2.52. The SMILES string of the molecule is C=S1(=O)NC(=O)c2ccc3c(c2)N(C[C@@H]2CC[C@H]2[C@@](OC)(c2cccnc2)/C=C/C[C@H](C)[C@H]1C)C[C@@]1(CCCc2cc(Cl)ccc21)CO3. The molecule has 0 radical (unpaired) electrons. The van der Waals surface area contributed by atoms with Crippen molar-refractivity contribution in [3.63, 3.8) is 0 Å². The fraction of sp³-hybridized carbons (Fsp3) is 0.462. The third kappa shape index (κ3) is 5.84. The number of nitrogens with one attached hydrogen (secondary N) is 1. The summed E-state index contributed by atoms with van der Waals surface area (Å²) in [6.07, 6.45) is 13.9. The van der Waals surface area contributed by atoms with Gasteiger partial charge in [-0.25, -0.2) is 4.21 Å². The van der Waals surface area contributed by atoms with Gasteiger partial charge in [0.15, 0.2) is 0 Å². The second kappa shape index (κ2) is 12.8. The molecule has 7 rings (SSSR count). The number of amides is 1. The number of nitrogens with zero attached hydrogens (tertiary/aromatic N) is 2. The number of rotatable bonds is 2. The number of methoxy groups -OCH3 is 1. The Morgan fingerprint density at radius 2 is 2.02 bits per heavy atom. The van der Waals surface area contributed by atoms with Gasteiger partial charge in [-0.15, -0.1) is 0 Å². The standard InChI is InChI=1S/C39H46ClN3O4S/c1-26-8-5-18-39(46-3,31-10-7-19-41-22-31)34-14-11-30(34)23-43-24-38(17-6-9-28-20-32(40)13-15-33(28)38)25-47-36-16-12-29(21-35(36)43)37(44)42-48(4,45)27(26)2/h5,7,10,12-13,15-16,18-22,26-27,30,34H,4,6,8-9,11,14,17,23-25H2,1-3H3,(H,42,44,45)/b18-5+/t26-,27+,30-,34+,38-,39-,48?/m0/s1. The van der Waals surface area contributed by atoms with Crippen molar-refractivity contribution in [2.24, 2.45) is 17.8 Å². The molecule has 254 valence electrons. The van der Waals surface area contributed by atoms with Crippen LogP contribution in [0.4, 0.5) is 5.69 Å². The van der Waals surface area contributed by atoms with Gasteiger partial charge < -0.3 is 14.4 Å². The summed E-state index contributed by atoms with van der Waals surface area (Å²) in [6, 6.07) is 16.0. The zero-order valence-electron chi connectivity index (χ0n) is 28.1. The van der Waals surface area contributed by atoms with E-state index in [-0.39, 0.29) is 28.4 Å². The second-order valence-electron chi connectivity index (χ2n) is 14.4. The summed E-state index contributed by atoms with van der Waals surface area (Å²) >= 11 is 6.48. The van der Waals surface area contributed by atoms with Gasteiger partial charge in [0.2, 0.25) is 0 Å². The van der Waals surface area contributed by atoms with Crippen LogP contribution < -0.4 is 14.4 Å². The summed E-state index contributed by atoms with van der Waals surface area (Å²) in [5.41, 5.74) is 4.04. The molecule has 7 atom stereocenters. The summed E-state index contributed by atoms with van der Waals surface area (Å²) in [7, 11) is -1.16. The number of hydrogen-bond acceptors (Lipinski definition) is 6. The number of fused-ring (bicyclic) bond motifs is 4. The first-order valence-electron chi connectivity index (χ1n) is 17.2. The number of aromatic nitrogens is 1. The maximum atomic E-state index is 13.9. The van der Waals surface area contributed by atoms with Gasteiger partial charge in [-0.1, -0.05) is 42.8 Å². The van der Waals surface area contributed by atoms with Crippen molar-refractivity contribution in [1.82, 2.24) is 9.71 Å². The van der Waals surface area contributed by atoms with Gasteiger partial charge in [0.25, 0.3) is 5.91 Å². The summed E-state index contributed by atoms with van der Waals surface area (Å²) < 4.78 is 30.0. The first-order chi connectivity index (χ1) is 23.0. The smallest absolute Gasteiger partial charge is 0.262 e. The van der Waals surface area contributed by atoms with Crippen LogP contribution in [0.1, 0.15) is 73.0 Å². The van der Waals surface area contributed by atoms with E-state index in [9.17, 15) is 9.00 Å². The number of halogens is 1. The number of hydrogen-bond donors (Lipinski definition) is 1. The monoisotopic (exact) mass is 687 g/mol. The Morgan fingerprint density at radius 3 is 2.77 bits per heavy atom. The van der Waals surface area contributed by atoms with Crippen LogP contribution in [0.15, 0.2) is 73.1 Å². The van der Waals surface area contributed by atoms with Crippen molar-refractivity contribution >= 4 is 38.8 Å². The number of anilines is 1. The van der Waals surface area contributed by atoms with E-state index in [0.717, 1.165) is 67.2 Å². The zero-order valence-corrected chi connectivity index (χ0v) is 29.7. The molecule has 2 aliphatic heterocycles. The Balaban J connectivity index is 1.36. The molecule has 1 N–H and O–H groups in total. The minimum Gasteiger partial charge on any atom is -0.490 e. The fourth-order valence-electron chi connectivity index (χ4n) is 8.59. The zero-order chi connectivity index (χ0) is 33.7. The van der Waals surface area contributed by atoms with Crippen LogP contribution in [0.2, 0.25) is 5.02 Å². The number of aryl methyl sites for hydroxylation is 1. The van der Waals surface area contributed by atoms with Crippen LogP contribution in [-0.4, -0.2) is 53.0 Å². The van der Waals surface area contributed by atoms with Crippen molar-refractivity contribution in [3.05, 3.63) is 100 Å². The summed E-state index contributed by atoms with van der Waals surface area (Å²) in [5.74, 6) is 4.92. The van der Waals surface area contributed by atoms with Gasteiger partial charge in [-0.05, 0) is 111 Å². The number of pyridine rings is 1. The minimum absolute atomic E-state index is 0.000441. The number of carbonyl (C=O) groups is 1. The highest BCUT2D eigenvalue weighted by atomic mass is 35.5. The molecule has 1 amide bonds. The molecular formula is C39H46ClN3O4S. The van der Waals surface area contributed by atoms with Crippen molar-refractivity contribution in [1.29, 1.82) is 0 Å². The van der Waals surface area contributed by atoms with E-state index in [1.54, 1.807) is 19.4 Å². The molecule has 2 aliphatic carbocycles. The van der Waals surface area contributed by atoms with Crippen LogP contribution in [0.5, 0.6) is 5.75 Å². The molecule has 4 aliphatic rings.